The lowest BCUT2D eigenvalue weighted by Crippen LogP contribution is -2.07. The largest absolute Gasteiger partial charge is 0.396 e. The lowest BCUT2D eigenvalue weighted by molar-refractivity contribution is 0.250. The van der Waals surface area contributed by atoms with Crippen LogP contribution in [0, 0.1) is 5.92 Å². The number of aromatic nitrogens is 2. The standard InChI is InChI=1S/C13H23N3OS/c1-4-6-14-12-7-13(16-11(5-2)15-12)18-9-10(3)8-17/h7,10,17H,4-6,8-9H2,1-3H3,(H,14,15,16). The van der Waals surface area contributed by atoms with Gasteiger partial charge in [0.2, 0.25) is 0 Å². The Kier molecular flexibility index (Phi) is 7.05. The fraction of sp³-hybridized carbons (Fsp3) is 0.692. The second-order valence-corrected chi connectivity index (χ2v) is 5.43. The van der Waals surface area contributed by atoms with Crippen LogP contribution in [0.3, 0.4) is 0 Å². The van der Waals surface area contributed by atoms with Crippen LogP contribution in [0.5, 0.6) is 0 Å². The van der Waals surface area contributed by atoms with Gasteiger partial charge < -0.3 is 10.4 Å². The molecule has 0 saturated carbocycles. The van der Waals surface area contributed by atoms with E-state index < -0.39 is 0 Å². The van der Waals surface area contributed by atoms with E-state index in [4.69, 9.17) is 5.11 Å². The highest BCUT2D eigenvalue weighted by Crippen LogP contribution is 2.21. The highest BCUT2D eigenvalue weighted by Gasteiger charge is 2.06. The first kappa shape index (κ1) is 15.2. The van der Waals surface area contributed by atoms with Gasteiger partial charge in [-0.15, -0.1) is 11.8 Å². The fourth-order valence-electron chi connectivity index (χ4n) is 1.33. The van der Waals surface area contributed by atoms with Gasteiger partial charge in [-0.05, 0) is 12.3 Å². The van der Waals surface area contributed by atoms with Crippen LogP contribution in [-0.4, -0.2) is 34.0 Å². The normalized spacial score (nSPS) is 12.4. The smallest absolute Gasteiger partial charge is 0.131 e. The molecule has 1 atom stereocenters. The number of nitrogens with one attached hydrogen (secondary N) is 1. The summed E-state index contributed by atoms with van der Waals surface area (Å²) in [5, 5.41) is 13.3. The molecule has 5 heteroatoms. The van der Waals surface area contributed by atoms with Gasteiger partial charge in [0, 0.05) is 31.4 Å². The summed E-state index contributed by atoms with van der Waals surface area (Å²) in [5.74, 6) is 2.95. The topological polar surface area (TPSA) is 58.0 Å². The first-order valence-corrected chi connectivity index (χ1v) is 7.53. The van der Waals surface area contributed by atoms with Crippen molar-refractivity contribution in [2.75, 3.05) is 24.2 Å². The molecule has 102 valence electrons. The zero-order valence-electron chi connectivity index (χ0n) is 11.4. The molecule has 1 rings (SSSR count). The predicted octanol–water partition coefficient (Wildman–Crippen LogP) is 2.58. The summed E-state index contributed by atoms with van der Waals surface area (Å²) in [6, 6.07) is 1.99. The van der Waals surface area contributed by atoms with Gasteiger partial charge in [-0.25, -0.2) is 9.97 Å². The summed E-state index contributed by atoms with van der Waals surface area (Å²) in [6.45, 7) is 7.37. The maximum atomic E-state index is 9.03. The lowest BCUT2D eigenvalue weighted by Gasteiger charge is -2.10. The first-order chi connectivity index (χ1) is 8.69. The Hall–Kier alpha value is -0.810. The summed E-state index contributed by atoms with van der Waals surface area (Å²) in [6.07, 6.45) is 1.92. The number of anilines is 1. The number of hydrogen-bond donors (Lipinski definition) is 2. The van der Waals surface area contributed by atoms with Crippen molar-refractivity contribution in [2.45, 2.75) is 38.6 Å². The predicted molar refractivity (Wildman–Crippen MR) is 77.2 cm³/mol. The quantitative estimate of drug-likeness (QED) is 0.561. The van der Waals surface area contributed by atoms with Gasteiger partial charge in [-0.3, -0.25) is 0 Å². The van der Waals surface area contributed by atoms with E-state index in [2.05, 4.69) is 29.1 Å². The van der Waals surface area contributed by atoms with E-state index in [0.29, 0.717) is 5.92 Å². The summed E-state index contributed by atoms with van der Waals surface area (Å²) >= 11 is 1.68. The third kappa shape index (κ3) is 5.23. The zero-order chi connectivity index (χ0) is 13.4. The number of aliphatic hydroxyl groups is 1. The van der Waals surface area contributed by atoms with Crippen molar-refractivity contribution >= 4 is 17.6 Å². The van der Waals surface area contributed by atoms with E-state index in [-0.39, 0.29) is 6.61 Å². The van der Waals surface area contributed by atoms with Crippen molar-refractivity contribution in [1.29, 1.82) is 0 Å². The molecular formula is C13H23N3OS. The maximum absolute atomic E-state index is 9.03. The van der Waals surface area contributed by atoms with Gasteiger partial charge >= 0.3 is 0 Å². The van der Waals surface area contributed by atoms with E-state index in [0.717, 1.165) is 41.8 Å². The highest BCUT2D eigenvalue weighted by molar-refractivity contribution is 7.99. The summed E-state index contributed by atoms with van der Waals surface area (Å²) in [5.41, 5.74) is 0. The zero-order valence-corrected chi connectivity index (χ0v) is 12.3. The molecule has 0 saturated heterocycles. The third-order valence-electron chi connectivity index (χ3n) is 2.45. The molecule has 0 radical (unpaired) electrons. The Morgan fingerprint density at radius 1 is 1.39 bits per heavy atom. The summed E-state index contributed by atoms with van der Waals surface area (Å²) in [7, 11) is 0. The van der Waals surface area contributed by atoms with Crippen LogP contribution in [0.15, 0.2) is 11.1 Å². The average Bonchev–Trinajstić information content (AvgIpc) is 2.42. The van der Waals surface area contributed by atoms with Gasteiger partial charge in [0.25, 0.3) is 0 Å². The summed E-state index contributed by atoms with van der Waals surface area (Å²) in [4.78, 5) is 8.95. The van der Waals surface area contributed by atoms with Crippen molar-refractivity contribution in [2.24, 2.45) is 5.92 Å². The Labute approximate surface area is 114 Å². The van der Waals surface area contributed by atoms with Crippen LogP contribution < -0.4 is 5.32 Å². The van der Waals surface area contributed by atoms with Crippen molar-refractivity contribution in [3.05, 3.63) is 11.9 Å². The second kappa shape index (κ2) is 8.32. The Morgan fingerprint density at radius 3 is 2.78 bits per heavy atom. The molecule has 2 N–H and O–H groups in total. The number of thioether (sulfide) groups is 1. The van der Waals surface area contributed by atoms with E-state index in [1.807, 2.05) is 13.0 Å². The molecule has 0 spiro atoms. The third-order valence-corrected chi connectivity index (χ3v) is 3.69. The molecule has 0 aliphatic rings. The molecular weight excluding hydrogens is 246 g/mol. The number of aliphatic hydroxyl groups excluding tert-OH is 1. The van der Waals surface area contributed by atoms with Crippen LogP contribution in [0.1, 0.15) is 33.0 Å². The van der Waals surface area contributed by atoms with Gasteiger partial charge in [-0.2, -0.15) is 0 Å². The highest BCUT2D eigenvalue weighted by atomic mass is 32.2. The van der Waals surface area contributed by atoms with E-state index in [9.17, 15) is 0 Å². The van der Waals surface area contributed by atoms with Crippen LogP contribution in [-0.2, 0) is 6.42 Å². The average molecular weight is 269 g/mol. The minimum Gasteiger partial charge on any atom is -0.396 e. The molecule has 1 aromatic rings. The molecule has 1 aromatic heterocycles. The number of rotatable bonds is 8. The Bertz CT molecular complexity index is 360. The fourth-order valence-corrected chi connectivity index (χ4v) is 2.25. The lowest BCUT2D eigenvalue weighted by atomic mass is 10.2. The van der Waals surface area contributed by atoms with Gasteiger partial charge in [0.15, 0.2) is 0 Å². The SMILES string of the molecule is CCCNc1cc(SCC(C)CO)nc(CC)n1. The molecule has 0 bridgehead atoms. The summed E-state index contributed by atoms with van der Waals surface area (Å²) < 4.78 is 0. The molecule has 0 fully saturated rings. The van der Waals surface area contributed by atoms with Crippen molar-refractivity contribution in [3.8, 4) is 0 Å². The van der Waals surface area contributed by atoms with Crippen LogP contribution in [0.2, 0.25) is 0 Å². The van der Waals surface area contributed by atoms with Crippen molar-refractivity contribution in [1.82, 2.24) is 9.97 Å². The molecule has 1 unspecified atom stereocenters. The molecule has 1 heterocycles. The Balaban J connectivity index is 2.70. The van der Waals surface area contributed by atoms with E-state index in [1.54, 1.807) is 11.8 Å². The van der Waals surface area contributed by atoms with Gasteiger partial charge in [0.05, 0.1) is 0 Å². The van der Waals surface area contributed by atoms with E-state index in [1.165, 1.54) is 0 Å². The Morgan fingerprint density at radius 2 is 2.17 bits per heavy atom. The van der Waals surface area contributed by atoms with Crippen LogP contribution in [0.25, 0.3) is 0 Å². The molecule has 0 aromatic carbocycles. The first-order valence-electron chi connectivity index (χ1n) is 6.55. The number of hydrogen-bond acceptors (Lipinski definition) is 5. The number of nitrogens with zero attached hydrogens (tertiary/aromatic N) is 2. The van der Waals surface area contributed by atoms with Crippen LogP contribution in [0.4, 0.5) is 5.82 Å². The minimum atomic E-state index is 0.222. The molecule has 0 amide bonds. The molecule has 4 nitrogen and oxygen atoms in total. The molecule has 18 heavy (non-hydrogen) atoms. The van der Waals surface area contributed by atoms with E-state index >= 15 is 0 Å². The molecule has 0 aliphatic heterocycles. The maximum Gasteiger partial charge on any atom is 0.131 e. The monoisotopic (exact) mass is 269 g/mol. The van der Waals surface area contributed by atoms with Crippen molar-refractivity contribution < 1.29 is 5.11 Å². The van der Waals surface area contributed by atoms with Gasteiger partial charge in [0.1, 0.15) is 16.7 Å². The minimum absolute atomic E-state index is 0.222. The second-order valence-electron chi connectivity index (χ2n) is 4.39. The molecule has 0 aliphatic carbocycles. The number of aryl methyl sites for hydroxylation is 1. The van der Waals surface area contributed by atoms with Gasteiger partial charge in [-0.1, -0.05) is 20.8 Å². The van der Waals surface area contributed by atoms with Crippen LogP contribution >= 0.6 is 11.8 Å². The van der Waals surface area contributed by atoms with Crippen molar-refractivity contribution in [3.63, 3.8) is 0 Å².